The standard InChI is InChI=1S/C20H18/c1-2-6-17(5-1)9-11-19-13-15-20(16-14-19)12-10-18-7-3-4-8-18/h1-18H/b11-9+,12-10+. The first-order valence-electron chi connectivity index (χ1n) is 7.07. The Kier molecular flexibility index (Phi) is 3.93. The van der Waals surface area contributed by atoms with Crippen molar-refractivity contribution in [2.45, 2.75) is 0 Å². The van der Waals surface area contributed by atoms with E-state index in [-0.39, 0.29) is 0 Å². The zero-order valence-electron chi connectivity index (χ0n) is 11.4. The molecule has 0 saturated carbocycles. The van der Waals surface area contributed by atoms with Gasteiger partial charge >= 0.3 is 0 Å². The molecule has 2 aliphatic rings. The van der Waals surface area contributed by atoms with E-state index < -0.39 is 0 Å². The lowest BCUT2D eigenvalue weighted by Crippen LogP contribution is -1.82. The van der Waals surface area contributed by atoms with Crippen LogP contribution in [0.2, 0.25) is 0 Å². The van der Waals surface area contributed by atoms with E-state index in [0.717, 1.165) is 0 Å². The number of benzene rings is 1. The van der Waals surface area contributed by atoms with Gasteiger partial charge in [0.15, 0.2) is 0 Å². The third-order valence-corrected chi connectivity index (χ3v) is 3.51. The molecule has 0 heteroatoms. The van der Waals surface area contributed by atoms with Gasteiger partial charge in [0, 0.05) is 11.8 Å². The highest BCUT2D eigenvalue weighted by Gasteiger charge is 1.98. The summed E-state index contributed by atoms with van der Waals surface area (Å²) < 4.78 is 0. The number of hydrogen-bond donors (Lipinski definition) is 0. The second-order valence-corrected chi connectivity index (χ2v) is 5.08. The molecule has 2 aliphatic carbocycles. The van der Waals surface area contributed by atoms with Gasteiger partial charge < -0.3 is 0 Å². The molecule has 0 fully saturated rings. The van der Waals surface area contributed by atoms with Crippen molar-refractivity contribution >= 4 is 12.2 Å². The minimum absolute atomic E-state index is 0.454. The highest BCUT2D eigenvalue weighted by atomic mass is 14.0. The third-order valence-electron chi connectivity index (χ3n) is 3.51. The summed E-state index contributed by atoms with van der Waals surface area (Å²) in [6.45, 7) is 0. The highest BCUT2D eigenvalue weighted by molar-refractivity contribution is 5.57. The van der Waals surface area contributed by atoms with Crippen molar-refractivity contribution in [2.75, 3.05) is 0 Å². The molecular weight excluding hydrogens is 240 g/mol. The minimum atomic E-state index is 0.454. The number of hydrogen-bond acceptors (Lipinski definition) is 0. The molecule has 1 aromatic carbocycles. The Morgan fingerprint density at radius 2 is 0.900 bits per heavy atom. The number of rotatable bonds is 4. The summed E-state index contributed by atoms with van der Waals surface area (Å²) in [6, 6.07) is 8.66. The smallest absolute Gasteiger partial charge is 0.0136 e. The number of allylic oxidation sites excluding steroid dienone is 10. The highest BCUT2D eigenvalue weighted by Crippen LogP contribution is 2.15. The van der Waals surface area contributed by atoms with E-state index in [2.05, 4.69) is 97.2 Å². The second-order valence-electron chi connectivity index (χ2n) is 5.08. The van der Waals surface area contributed by atoms with Gasteiger partial charge in [-0.2, -0.15) is 0 Å². The van der Waals surface area contributed by atoms with E-state index in [1.54, 1.807) is 0 Å². The van der Waals surface area contributed by atoms with Crippen LogP contribution in [-0.4, -0.2) is 0 Å². The van der Waals surface area contributed by atoms with Gasteiger partial charge in [-0.05, 0) is 11.1 Å². The zero-order chi connectivity index (χ0) is 13.6. The van der Waals surface area contributed by atoms with E-state index in [1.165, 1.54) is 11.1 Å². The van der Waals surface area contributed by atoms with E-state index >= 15 is 0 Å². The van der Waals surface area contributed by atoms with Crippen molar-refractivity contribution in [3.8, 4) is 0 Å². The van der Waals surface area contributed by atoms with Crippen LogP contribution in [0.25, 0.3) is 12.2 Å². The summed E-state index contributed by atoms with van der Waals surface area (Å²) in [5.74, 6) is 0.908. The second kappa shape index (κ2) is 6.21. The van der Waals surface area contributed by atoms with Gasteiger partial charge in [0.05, 0.1) is 0 Å². The molecule has 0 radical (unpaired) electrons. The van der Waals surface area contributed by atoms with E-state index in [9.17, 15) is 0 Å². The Hall–Kier alpha value is -2.34. The van der Waals surface area contributed by atoms with Crippen molar-refractivity contribution in [3.05, 3.63) is 96.2 Å². The molecule has 0 N–H and O–H groups in total. The van der Waals surface area contributed by atoms with Gasteiger partial charge in [-0.25, -0.2) is 0 Å². The summed E-state index contributed by atoms with van der Waals surface area (Å²) >= 11 is 0. The lowest BCUT2D eigenvalue weighted by atomic mass is 10.1. The Labute approximate surface area is 120 Å². The molecule has 3 rings (SSSR count). The molecule has 0 saturated heterocycles. The van der Waals surface area contributed by atoms with Crippen molar-refractivity contribution in [3.63, 3.8) is 0 Å². The topological polar surface area (TPSA) is 0 Å². The molecule has 0 aliphatic heterocycles. The van der Waals surface area contributed by atoms with E-state index in [0.29, 0.717) is 11.8 Å². The summed E-state index contributed by atoms with van der Waals surface area (Å²) in [6.07, 6.45) is 25.9. The molecule has 0 atom stereocenters. The van der Waals surface area contributed by atoms with Crippen LogP contribution in [-0.2, 0) is 0 Å². The van der Waals surface area contributed by atoms with Crippen LogP contribution in [0.1, 0.15) is 11.1 Å². The van der Waals surface area contributed by atoms with Crippen molar-refractivity contribution in [2.24, 2.45) is 11.8 Å². The van der Waals surface area contributed by atoms with Crippen molar-refractivity contribution in [1.82, 2.24) is 0 Å². The predicted molar refractivity (Wildman–Crippen MR) is 88.1 cm³/mol. The Balaban J connectivity index is 1.62. The SMILES string of the molecule is C1=CC(/C=C/c2ccc(/C=C/C3C=CC=C3)cc2)C=C1. The van der Waals surface area contributed by atoms with E-state index in [1.807, 2.05) is 0 Å². The van der Waals surface area contributed by atoms with Gasteiger partial charge in [0.2, 0.25) is 0 Å². The Bertz CT molecular complexity index is 538. The maximum absolute atomic E-state index is 2.22. The van der Waals surface area contributed by atoms with Gasteiger partial charge in [0.25, 0.3) is 0 Å². The van der Waals surface area contributed by atoms with Crippen LogP contribution in [0.15, 0.2) is 85.0 Å². The normalized spacial score (nSPS) is 18.4. The Morgan fingerprint density at radius 1 is 0.550 bits per heavy atom. The van der Waals surface area contributed by atoms with Crippen LogP contribution in [0.5, 0.6) is 0 Å². The molecule has 0 aromatic heterocycles. The fourth-order valence-corrected chi connectivity index (χ4v) is 2.32. The zero-order valence-corrected chi connectivity index (χ0v) is 11.4. The van der Waals surface area contributed by atoms with Gasteiger partial charge in [-0.1, -0.05) is 97.2 Å². The summed E-state index contributed by atoms with van der Waals surface area (Å²) in [5, 5.41) is 0. The average molecular weight is 258 g/mol. The molecule has 0 bridgehead atoms. The lowest BCUT2D eigenvalue weighted by molar-refractivity contribution is 1.10. The molecular formula is C20H18. The fraction of sp³-hybridized carbons (Fsp3) is 0.100. The quantitative estimate of drug-likeness (QED) is 0.696. The van der Waals surface area contributed by atoms with Crippen molar-refractivity contribution < 1.29 is 0 Å². The van der Waals surface area contributed by atoms with E-state index in [4.69, 9.17) is 0 Å². The predicted octanol–water partition coefficient (Wildman–Crippen LogP) is 5.20. The monoisotopic (exact) mass is 258 g/mol. The molecule has 0 amide bonds. The first kappa shape index (κ1) is 12.7. The lowest BCUT2D eigenvalue weighted by Gasteiger charge is -1.99. The van der Waals surface area contributed by atoms with Crippen LogP contribution in [0.4, 0.5) is 0 Å². The fourth-order valence-electron chi connectivity index (χ4n) is 2.32. The molecule has 0 heterocycles. The molecule has 20 heavy (non-hydrogen) atoms. The minimum Gasteiger partial charge on any atom is -0.0738 e. The van der Waals surface area contributed by atoms with Gasteiger partial charge in [-0.15, -0.1) is 0 Å². The summed E-state index contributed by atoms with van der Waals surface area (Å²) in [4.78, 5) is 0. The molecule has 0 spiro atoms. The molecule has 0 unspecified atom stereocenters. The largest absolute Gasteiger partial charge is 0.0738 e. The van der Waals surface area contributed by atoms with Crippen LogP contribution in [0.3, 0.4) is 0 Å². The average Bonchev–Trinajstić information content (AvgIpc) is 3.17. The third kappa shape index (κ3) is 3.36. The van der Waals surface area contributed by atoms with Gasteiger partial charge in [-0.3, -0.25) is 0 Å². The van der Waals surface area contributed by atoms with Crippen LogP contribution in [0, 0.1) is 11.8 Å². The van der Waals surface area contributed by atoms with Crippen molar-refractivity contribution in [1.29, 1.82) is 0 Å². The molecule has 0 nitrogen and oxygen atoms in total. The van der Waals surface area contributed by atoms with Crippen LogP contribution >= 0.6 is 0 Å². The first-order valence-corrected chi connectivity index (χ1v) is 7.07. The maximum Gasteiger partial charge on any atom is 0.0136 e. The van der Waals surface area contributed by atoms with Crippen LogP contribution < -0.4 is 0 Å². The summed E-state index contributed by atoms with van der Waals surface area (Å²) in [5.41, 5.74) is 2.49. The summed E-state index contributed by atoms with van der Waals surface area (Å²) in [7, 11) is 0. The van der Waals surface area contributed by atoms with Gasteiger partial charge in [0.1, 0.15) is 0 Å². The molecule has 1 aromatic rings. The Morgan fingerprint density at radius 3 is 1.25 bits per heavy atom. The molecule has 98 valence electrons. The first-order chi connectivity index (χ1) is 9.90. The maximum atomic E-state index is 2.22.